The zero-order valence-corrected chi connectivity index (χ0v) is 16.6. The van der Waals surface area contributed by atoms with Crippen molar-refractivity contribution in [1.82, 2.24) is 5.43 Å². The van der Waals surface area contributed by atoms with Crippen molar-refractivity contribution < 1.29 is 9.53 Å². The molecule has 132 valence electrons. The van der Waals surface area contributed by atoms with Crippen molar-refractivity contribution in [2.45, 2.75) is 33.6 Å². The lowest BCUT2D eigenvalue weighted by atomic mass is 10.0. The molecule has 0 aliphatic heterocycles. The number of carbonyl (C=O) groups is 1. The van der Waals surface area contributed by atoms with Gasteiger partial charge in [0.2, 0.25) is 0 Å². The van der Waals surface area contributed by atoms with Gasteiger partial charge in [-0.2, -0.15) is 5.10 Å². The van der Waals surface area contributed by atoms with Crippen LogP contribution in [0.15, 0.2) is 52.0 Å². The number of amides is 1. The molecule has 25 heavy (non-hydrogen) atoms. The standard InChI is InChI=1S/C20H23BrN2O2/c1-13(2)18-10-5-14(3)11-19(18)25-12-20(24)23-22-15(4)16-6-8-17(21)9-7-16/h5-11,13H,12H2,1-4H3,(H,23,24)/b22-15-. The maximum atomic E-state index is 12.0. The minimum Gasteiger partial charge on any atom is -0.483 e. The highest BCUT2D eigenvalue weighted by Crippen LogP contribution is 2.27. The van der Waals surface area contributed by atoms with Crippen LogP contribution in [-0.2, 0) is 4.79 Å². The normalized spacial score (nSPS) is 11.5. The zero-order valence-electron chi connectivity index (χ0n) is 15.0. The monoisotopic (exact) mass is 402 g/mol. The van der Waals surface area contributed by atoms with Gasteiger partial charge >= 0.3 is 0 Å². The molecule has 2 aromatic rings. The summed E-state index contributed by atoms with van der Waals surface area (Å²) in [5.41, 5.74) is 6.42. The fourth-order valence-corrected chi connectivity index (χ4v) is 2.59. The summed E-state index contributed by atoms with van der Waals surface area (Å²) in [6.07, 6.45) is 0. The van der Waals surface area contributed by atoms with Gasteiger partial charge in [0.25, 0.3) is 5.91 Å². The molecule has 0 saturated carbocycles. The van der Waals surface area contributed by atoms with Crippen molar-refractivity contribution >= 4 is 27.5 Å². The first-order valence-corrected chi connectivity index (χ1v) is 8.98. The van der Waals surface area contributed by atoms with Crippen LogP contribution in [0.25, 0.3) is 0 Å². The van der Waals surface area contributed by atoms with Crippen molar-refractivity contribution in [1.29, 1.82) is 0 Å². The highest BCUT2D eigenvalue weighted by molar-refractivity contribution is 9.10. The Kier molecular flexibility index (Phi) is 6.76. The van der Waals surface area contributed by atoms with Crippen LogP contribution in [-0.4, -0.2) is 18.2 Å². The predicted molar refractivity (Wildman–Crippen MR) is 105 cm³/mol. The van der Waals surface area contributed by atoms with Crippen LogP contribution < -0.4 is 10.2 Å². The number of hydrogen-bond acceptors (Lipinski definition) is 3. The number of hydrazone groups is 1. The van der Waals surface area contributed by atoms with E-state index in [1.54, 1.807) is 0 Å². The average molecular weight is 403 g/mol. The maximum absolute atomic E-state index is 12.0. The Morgan fingerprint density at radius 3 is 2.52 bits per heavy atom. The SMILES string of the molecule is C/C(=N/NC(=O)COc1cc(C)ccc1C(C)C)c1ccc(Br)cc1. The molecular formula is C20H23BrN2O2. The zero-order chi connectivity index (χ0) is 18.4. The summed E-state index contributed by atoms with van der Waals surface area (Å²) in [6, 6.07) is 13.8. The number of hydrogen-bond donors (Lipinski definition) is 1. The number of nitrogens with zero attached hydrogens (tertiary/aromatic N) is 1. The molecule has 0 saturated heterocycles. The average Bonchev–Trinajstić information content (AvgIpc) is 2.58. The molecule has 2 rings (SSSR count). The number of carbonyl (C=O) groups excluding carboxylic acids is 1. The largest absolute Gasteiger partial charge is 0.483 e. The quantitative estimate of drug-likeness (QED) is 0.557. The molecule has 0 aromatic heterocycles. The highest BCUT2D eigenvalue weighted by atomic mass is 79.9. The number of benzene rings is 2. The van der Waals surface area contributed by atoms with Crippen LogP contribution >= 0.6 is 15.9 Å². The minimum atomic E-state index is -0.285. The van der Waals surface area contributed by atoms with Crippen LogP contribution in [0.3, 0.4) is 0 Å². The van der Waals surface area contributed by atoms with E-state index in [1.165, 1.54) is 0 Å². The Hall–Kier alpha value is -2.14. The molecule has 1 N–H and O–H groups in total. The minimum absolute atomic E-state index is 0.0692. The van der Waals surface area contributed by atoms with Gasteiger partial charge < -0.3 is 4.74 Å². The summed E-state index contributed by atoms with van der Waals surface area (Å²) in [4.78, 5) is 12.0. The molecular weight excluding hydrogens is 380 g/mol. The van der Waals surface area contributed by atoms with E-state index >= 15 is 0 Å². The van der Waals surface area contributed by atoms with Crippen LogP contribution in [0.1, 0.15) is 43.4 Å². The molecule has 0 fully saturated rings. The van der Waals surface area contributed by atoms with Gasteiger partial charge in [0, 0.05) is 4.47 Å². The number of halogens is 1. The van der Waals surface area contributed by atoms with E-state index in [0.717, 1.165) is 32.6 Å². The van der Waals surface area contributed by atoms with Gasteiger partial charge in [0.1, 0.15) is 5.75 Å². The maximum Gasteiger partial charge on any atom is 0.277 e. The Labute approximate surface area is 157 Å². The Morgan fingerprint density at radius 2 is 1.88 bits per heavy atom. The summed E-state index contributed by atoms with van der Waals surface area (Å²) >= 11 is 3.39. The van der Waals surface area contributed by atoms with Crippen molar-refractivity contribution in [3.8, 4) is 5.75 Å². The Balaban J connectivity index is 1.96. The third kappa shape index (κ3) is 5.71. The van der Waals surface area contributed by atoms with Crippen molar-refractivity contribution in [2.24, 2.45) is 5.10 Å². The van der Waals surface area contributed by atoms with E-state index in [1.807, 2.05) is 56.3 Å². The van der Waals surface area contributed by atoms with Gasteiger partial charge in [-0.25, -0.2) is 5.43 Å². The fourth-order valence-electron chi connectivity index (χ4n) is 2.32. The van der Waals surface area contributed by atoms with Gasteiger partial charge in [-0.1, -0.05) is 54.0 Å². The molecule has 0 spiro atoms. The van der Waals surface area contributed by atoms with Gasteiger partial charge in [-0.05, 0) is 54.7 Å². The molecule has 0 bridgehead atoms. The Bertz CT molecular complexity index is 768. The molecule has 0 aliphatic rings. The van der Waals surface area contributed by atoms with E-state index in [0.29, 0.717) is 5.92 Å². The summed E-state index contributed by atoms with van der Waals surface area (Å²) in [5.74, 6) is 0.794. The third-order valence-corrected chi connectivity index (χ3v) is 4.29. The third-order valence-electron chi connectivity index (χ3n) is 3.76. The molecule has 5 heteroatoms. The van der Waals surface area contributed by atoms with Crippen molar-refractivity contribution in [2.75, 3.05) is 6.61 Å². The summed E-state index contributed by atoms with van der Waals surface area (Å²) in [5, 5.41) is 4.13. The highest BCUT2D eigenvalue weighted by Gasteiger charge is 2.10. The summed E-state index contributed by atoms with van der Waals surface area (Å²) < 4.78 is 6.71. The van der Waals surface area contributed by atoms with E-state index in [-0.39, 0.29) is 12.5 Å². The second-order valence-corrected chi connectivity index (χ2v) is 7.14. The molecule has 0 radical (unpaired) electrons. The van der Waals surface area contributed by atoms with E-state index in [2.05, 4.69) is 40.3 Å². The van der Waals surface area contributed by atoms with Gasteiger partial charge in [0.05, 0.1) is 5.71 Å². The second-order valence-electron chi connectivity index (χ2n) is 6.22. The Morgan fingerprint density at radius 1 is 1.20 bits per heavy atom. The lowest BCUT2D eigenvalue weighted by molar-refractivity contribution is -0.123. The number of ether oxygens (including phenoxy) is 1. The van der Waals surface area contributed by atoms with E-state index in [4.69, 9.17) is 4.74 Å². The van der Waals surface area contributed by atoms with Gasteiger partial charge in [-0.15, -0.1) is 0 Å². The van der Waals surface area contributed by atoms with E-state index in [9.17, 15) is 4.79 Å². The molecule has 0 unspecified atom stereocenters. The first-order valence-electron chi connectivity index (χ1n) is 8.19. The van der Waals surface area contributed by atoms with Crippen molar-refractivity contribution in [3.63, 3.8) is 0 Å². The first-order chi connectivity index (χ1) is 11.9. The second kappa shape index (κ2) is 8.81. The number of aryl methyl sites for hydroxylation is 1. The molecule has 4 nitrogen and oxygen atoms in total. The molecule has 0 heterocycles. The fraction of sp³-hybridized carbons (Fsp3) is 0.300. The van der Waals surface area contributed by atoms with Crippen LogP contribution in [0.4, 0.5) is 0 Å². The molecule has 0 atom stereocenters. The summed E-state index contributed by atoms with van der Waals surface area (Å²) in [6.45, 7) is 7.98. The van der Waals surface area contributed by atoms with Crippen LogP contribution in [0.5, 0.6) is 5.75 Å². The van der Waals surface area contributed by atoms with Crippen LogP contribution in [0.2, 0.25) is 0 Å². The van der Waals surface area contributed by atoms with Gasteiger partial charge in [-0.3, -0.25) is 4.79 Å². The first kappa shape index (κ1) is 19.2. The van der Waals surface area contributed by atoms with Crippen molar-refractivity contribution in [3.05, 3.63) is 63.6 Å². The van der Waals surface area contributed by atoms with Crippen LogP contribution in [0, 0.1) is 6.92 Å². The predicted octanol–water partition coefficient (Wildman–Crippen LogP) is 4.80. The lowest BCUT2D eigenvalue weighted by Gasteiger charge is -2.14. The molecule has 2 aromatic carbocycles. The number of rotatable bonds is 6. The number of nitrogens with one attached hydrogen (secondary N) is 1. The topological polar surface area (TPSA) is 50.7 Å². The lowest BCUT2D eigenvalue weighted by Crippen LogP contribution is -2.26. The smallest absolute Gasteiger partial charge is 0.277 e. The van der Waals surface area contributed by atoms with Gasteiger partial charge in [0.15, 0.2) is 6.61 Å². The molecule has 1 amide bonds. The van der Waals surface area contributed by atoms with E-state index < -0.39 is 0 Å². The summed E-state index contributed by atoms with van der Waals surface area (Å²) in [7, 11) is 0. The molecule has 0 aliphatic carbocycles.